The van der Waals surface area contributed by atoms with E-state index in [0.29, 0.717) is 12.1 Å². The fourth-order valence-electron chi connectivity index (χ4n) is 3.08. The van der Waals surface area contributed by atoms with Crippen molar-refractivity contribution in [1.82, 2.24) is 10.2 Å². The van der Waals surface area contributed by atoms with Crippen LogP contribution in [0.5, 0.6) is 0 Å². The van der Waals surface area contributed by atoms with E-state index in [1.807, 2.05) is 12.1 Å². The molecule has 0 unspecified atom stereocenters. The van der Waals surface area contributed by atoms with Crippen LogP contribution in [0.4, 0.5) is 0 Å². The Labute approximate surface area is 168 Å². The Hall–Kier alpha value is -2.37. The SMILES string of the molecule is COC(=O)CC1=C(C(=O)O)N2C(=O)[C@@H](NC(=O)Cc3ccc(CN)s3)[C@H]2SC1. The van der Waals surface area contributed by atoms with Crippen LogP contribution in [0.1, 0.15) is 16.2 Å². The van der Waals surface area contributed by atoms with Crippen molar-refractivity contribution in [2.24, 2.45) is 5.73 Å². The van der Waals surface area contributed by atoms with Crippen molar-refractivity contribution in [2.45, 2.75) is 30.8 Å². The highest BCUT2D eigenvalue weighted by molar-refractivity contribution is 8.00. The number of carboxylic acids is 1. The number of aliphatic carboxylic acids is 1. The van der Waals surface area contributed by atoms with Crippen molar-refractivity contribution in [3.05, 3.63) is 33.2 Å². The van der Waals surface area contributed by atoms with Gasteiger partial charge in [0.05, 0.1) is 20.0 Å². The van der Waals surface area contributed by atoms with Gasteiger partial charge in [-0.2, -0.15) is 0 Å². The summed E-state index contributed by atoms with van der Waals surface area (Å²) in [5.74, 6) is -2.40. The van der Waals surface area contributed by atoms with E-state index < -0.39 is 29.3 Å². The highest BCUT2D eigenvalue weighted by Crippen LogP contribution is 2.41. The van der Waals surface area contributed by atoms with E-state index in [1.165, 1.54) is 30.2 Å². The zero-order valence-electron chi connectivity index (χ0n) is 15.0. The molecule has 4 N–H and O–H groups in total. The Balaban J connectivity index is 1.68. The molecule has 1 fully saturated rings. The predicted molar refractivity (Wildman–Crippen MR) is 102 cm³/mol. The zero-order chi connectivity index (χ0) is 20.4. The number of hydrogen-bond donors (Lipinski definition) is 3. The van der Waals surface area contributed by atoms with Gasteiger partial charge in [0, 0.05) is 22.1 Å². The number of nitrogens with two attached hydrogens (primary N) is 1. The van der Waals surface area contributed by atoms with E-state index >= 15 is 0 Å². The van der Waals surface area contributed by atoms with Crippen LogP contribution in [-0.2, 0) is 36.9 Å². The summed E-state index contributed by atoms with van der Waals surface area (Å²) < 4.78 is 4.59. The Bertz CT molecular complexity index is 865. The predicted octanol–water partition coefficient (Wildman–Crippen LogP) is 0.0510. The number of amides is 2. The number of fused-ring (bicyclic) bond motifs is 1. The molecular weight excluding hydrogens is 406 g/mol. The number of esters is 1. The summed E-state index contributed by atoms with van der Waals surface area (Å²) in [7, 11) is 1.21. The molecule has 1 saturated heterocycles. The molecule has 3 heterocycles. The molecule has 0 aliphatic carbocycles. The van der Waals surface area contributed by atoms with Gasteiger partial charge in [0.15, 0.2) is 0 Å². The van der Waals surface area contributed by atoms with E-state index in [-0.39, 0.29) is 30.2 Å². The summed E-state index contributed by atoms with van der Waals surface area (Å²) in [6.45, 7) is 0.402. The van der Waals surface area contributed by atoms with Crippen LogP contribution >= 0.6 is 23.1 Å². The first-order valence-corrected chi connectivity index (χ1v) is 10.3. The van der Waals surface area contributed by atoms with Gasteiger partial charge in [0.2, 0.25) is 5.91 Å². The maximum atomic E-state index is 12.5. The molecule has 0 spiro atoms. The van der Waals surface area contributed by atoms with Crippen molar-refractivity contribution >= 4 is 46.9 Å². The minimum atomic E-state index is -1.28. The quantitative estimate of drug-likeness (QED) is 0.411. The summed E-state index contributed by atoms with van der Waals surface area (Å²) in [6.07, 6.45) is -0.0679. The first kappa shape index (κ1) is 20.4. The Morgan fingerprint density at radius 1 is 1.32 bits per heavy atom. The molecule has 28 heavy (non-hydrogen) atoms. The second-order valence-corrected chi connectivity index (χ2v) is 8.57. The molecule has 1 aromatic rings. The number of rotatable bonds is 7. The zero-order valence-corrected chi connectivity index (χ0v) is 16.6. The summed E-state index contributed by atoms with van der Waals surface area (Å²) in [5.41, 5.74) is 5.69. The third kappa shape index (κ3) is 3.91. The van der Waals surface area contributed by atoms with Crippen LogP contribution in [0.2, 0.25) is 0 Å². The Kier molecular flexibility index (Phi) is 6.06. The van der Waals surface area contributed by atoms with Gasteiger partial charge in [-0.3, -0.25) is 19.3 Å². The number of ether oxygens (including phenoxy) is 1. The van der Waals surface area contributed by atoms with Gasteiger partial charge in [0.25, 0.3) is 5.91 Å². The summed E-state index contributed by atoms with van der Waals surface area (Å²) in [6, 6.07) is 2.88. The van der Waals surface area contributed by atoms with Crippen LogP contribution in [-0.4, -0.2) is 58.0 Å². The minimum absolute atomic E-state index is 0.126. The molecular formula is C17H19N3O6S2. The molecule has 150 valence electrons. The second kappa shape index (κ2) is 8.33. The van der Waals surface area contributed by atoms with Gasteiger partial charge in [-0.15, -0.1) is 23.1 Å². The first-order chi connectivity index (χ1) is 13.3. The van der Waals surface area contributed by atoms with Crippen molar-refractivity contribution in [3.63, 3.8) is 0 Å². The fraction of sp³-hybridized carbons (Fsp3) is 0.412. The van der Waals surface area contributed by atoms with Crippen LogP contribution in [0.15, 0.2) is 23.4 Å². The molecule has 2 aliphatic heterocycles. The molecule has 2 aliphatic rings. The molecule has 11 heteroatoms. The van der Waals surface area contributed by atoms with E-state index in [9.17, 15) is 24.3 Å². The van der Waals surface area contributed by atoms with E-state index in [1.54, 1.807) is 0 Å². The fourth-order valence-corrected chi connectivity index (χ4v) is 5.32. The van der Waals surface area contributed by atoms with E-state index in [0.717, 1.165) is 14.7 Å². The topological polar surface area (TPSA) is 139 Å². The van der Waals surface area contributed by atoms with E-state index in [2.05, 4.69) is 10.1 Å². The van der Waals surface area contributed by atoms with Gasteiger partial charge < -0.3 is 20.9 Å². The average molecular weight is 425 g/mol. The number of carboxylic acid groups (broad SMARTS) is 1. The summed E-state index contributed by atoms with van der Waals surface area (Å²) in [5, 5.41) is 11.7. The van der Waals surface area contributed by atoms with Gasteiger partial charge >= 0.3 is 11.9 Å². The molecule has 0 aromatic carbocycles. The maximum absolute atomic E-state index is 12.5. The van der Waals surface area contributed by atoms with Crippen molar-refractivity contribution in [2.75, 3.05) is 12.9 Å². The van der Waals surface area contributed by atoms with Crippen molar-refractivity contribution in [3.8, 4) is 0 Å². The Morgan fingerprint density at radius 2 is 2.04 bits per heavy atom. The number of nitrogens with zero attached hydrogens (tertiary/aromatic N) is 1. The lowest BCUT2D eigenvalue weighted by molar-refractivity contribution is -0.150. The molecule has 1 aromatic heterocycles. The molecule has 3 rings (SSSR count). The number of carbonyl (C=O) groups excluding carboxylic acids is 3. The number of thiophene rings is 1. The van der Waals surface area contributed by atoms with Crippen LogP contribution in [0, 0.1) is 0 Å². The molecule has 2 atom stereocenters. The number of thioether (sulfide) groups is 1. The Morgan fingerprint density at radius 3 is 2.64 bits per heavy atom. The van der Waals surface area contributed by atoms with Gasteiger partial charge in [-0.1, -0.05) is 0 Å². The van der Waals surface area contributed by atoms with Crippen LogP contribution < -0.4 is 11.1 Å². The maximum Gasteiger partial charge on any atom is 0.352 e. The van der Waals surface area contributed by atoms with Gasteiger partial charge in [0.1, 0.15) is 17.1 Å². The standard InChI is InChI=1S/C17H19N3O6S2/c1-26-12(22)4-8-7-27-16-13(15(23)20(16)14(8)17(24)25)19-11(21)5-9-2-3-10(6-18)28-9/h2-3,13,16H,4-7,18H2,1H3,(H,19,21)(H,24,25)/t13-,16-/m1/s1. The number of carbonyl (C=O) groups is 4. The average Bonchev–Trinajstić information content (AvgIpc) is 3.12. The minimum Gasteiger partial charge on any atom is -0.477 e. The lowest BCUT2D eigenvalue weighted by atomic mass is 10.0. The lowest BCUT2D eigenvalue weighted by Crippen LogP contribution is -2.70. The smallest absolute Gasteiger partial charge is 0.352 e. The molecule has 0 bridgehead atoms. The summed E-state index contributed by atoms with van der Waals surface area (Å²) >= 11 is 2.74. The molecule has 2 amide bonds. The van der Waals surface area contributed by atoms with Gasteiger partial charge in [-0.05, 0) is 17.7 Å². The number of methoxy groups -OCH3 is 1. The molecule has 9 nitrogen and oxygen atoms in total. The monoisotopic (exact) mass is 425 g/mol. The van der Waals surface area contributed by atoms with Gasteiger partial charge in [-0.25, -0.2) is 4.79 Å². The normalized spacial score (nSPS) is 21.1. The van der Waals surface area contributed by atoms with Crippen molar-refractivity contribution in [1.29, 1.82) is 0 Å². The largest absolute Gasteiger partial charge is 0.477 e. The third-order valence-corrected chi connectivity index (χ3v) is 6.85. The molecule has 0 saturated carbocycles. The summed E-state index contributed by atoms with van der Waals surface area (Å²) in [4.78, 5) is 50.9. The van der Waals surface area contributed by atoms with Crippen LogP contribution in [0.25, 0.3) is 0 Å². The first-order valence-electron chi connectivity index (χ1n) is 8.39. The molecule has 0 radical (unpaired) electrons. The number of β-lactam (4-membered cyclic amide) rings is 1. The number of hydrogen-bond acceptors (Lipinski definition) is 8. The highest BCUT2D eigenvalue weighted by atomic mass is 32.2. The second-order valence-electron chi connectivity index (χ2n) is 6.21. The van der Waals surface area contributed by atoms with Crippen molar-refractivity contribution < 1.29 is 29.0 Å². The number of nitrogens with one attached hydrogen (secondary N) is 1. The third-order valence-electron chi connectivity index (χ3n) is 4.40. The van der Waals surface area contributed by atoms with E-state index in [4.69, 9.17) is 5.73 Å². The van der Waals surface area contributed by atoms with Crippen LogP contribution in [0.3, 0.4) is 0 Å². The lowest BCUT2D eigenvalue weighted by Gasteiger charge is -2.49. The highest BCUT2D eigenvalue weighted by Gasteiger charge is 2.54.